The van der Waals surface area contributed by atoms with Crippen LogP contribution in [0.4, 0.5) is 11.5 Å². The lowest BCUT2D eigenvalue weighted by atomic mass is 10.2. The second kappa shape index (κ2) is 7.40. The van der Waals surface area contributed by atoms with Crippen molar-refractivity contribution in [1.29, 1.82) is 0 Å². The van der Waals surface area contributed by atoms with Gasteiger partial charge in [-0.25, -0.2) is 18.4 Å². The first-order valence-corrected chi connectivity index (χ1v) is 10.5. The minimum atomic E-state index is -3.54. The van der Waals surface area contributed by atoms with Crippen molar-refractivity contribution in [2.75, 3.05) is 5.32 Å². The van der Waals surface area contributed by atoms with Crippen LogP contribution in [0.3, 0.4) is 0 Å². The molecule has 28 heavy (non-hydrogen) atoms. The maximum Gasteiger partial charge on any atom is 0.185 e. The molecule has 1 aromatic heterocycles. The first-order chi connectivity index (χ1) is 13.5. The second-order valence-electron chi connectivity index (χ2n) is 6.57. The van der Waals surface area contributed by atoms with Crippen LogP contribution in [-0.4, -0.2) is 18.4 Å². The Bertz CT molecular complexity index is 1220. The largest absolute Gasteiger partial charge is 0.340 e. The molecule has 0 aliphatic heterocycles. The highest BCUT2D eigenvalue weighted by Crippen LogP contribution is 2.25. The van der Waals surface area contributed by atoms with Gasteiger partial charge in [-0.15, -0.1) is 0 Å². The van der Waals surface area contributed by atoms with Crippen molar-refractivity contribution in [3.05, 3.63) is 90.3 Å². The summed E-state index contributed by atoms with van der Waals surface area (Å²) in [5.74, 6) is 0.591. The van der Waals surface area contributed by atoms with E-state index < -0.39 is 9.84 Å². The first kappa shape index (κ1) is 18.1. The third kappa shape index (κ3) is 3.87. The maximum absolute atomic E-state index is 12.8. The topological polar surface area (TPSA) is 72.0 Å². The van der Waals surface area contributed by atoms with Gasteiger partial charge in [-0.3, -0.25) is 0 Å². The van der Waals surface area contributed by atoms with E-state index in [1.54, 1.807) is 24.3 Å². The Labute approximate surface area is 164 Å². The average molecular weight is 389 g/mol. The number of nitrogens with zero attached hydrogens (tertiary/aromatic N) is 2. The van der Waals surface area contributed by atoms with Crippen molar-refractivity contribution in [3.8, 4) is 0 Å². The fourth-order valence-corrected chi connectivity index (χ4v) is 4.13. The highest BCUT2D eigenvalue weighted by Gasteiger charge is 2.18. The number of hydrogen-bond donors (Lipinski definition) is 1. The molecule has 4 aromatic rings. The maximum atomic E-state index is 12.8. The third-order valence-corrected chi connectivity index (χ3v) is 6.01. The van der Waals surface area contributed by atoms with E-state index in [2.05, 4.69) is 15.3 Å². The van der Waals surface area contributed by atoms with Crippen LogP contribution in [0.5, 0.6) is 0 Å². The van der Waals surface area contributed by atoms with Crippen LogP contribution in [0.2, 0.25) is 0 Å². The molecule has 0 amide bonds. The Kier molecular flexibility index (Phi) is 4.79. The van der Waals surface area contributed by atoms with E-state index in [-0.39, 0.29) is 16.5 Å². The van der Waals surface area contributed by atoms with Crippen LogP contribution in [0.15, 0.2) is 83.8 Å². The number of fused-ring (bicyclic) bond motifs is 1. The normalized spacial score (nSPS) is 11.5. The van der Waals surface area contributed by atoms with Crippen LogP contribution in [0.25, 0.3) is 10.9 Å². The van der Waals surface area contributed by atoms with Gasteiger partial charge < -0.3 is 5.32 Å². The van der Waals surface area contributed by atoms with Crippen molar-refractivity contribution in [3.63, 3.8) is 0 Å². The van der Waals surface area contributed by atoms with Crippen molar-refractivity contribution >= 4 is 32.2 Å². The van der Waals surface area contributed by atoms with Gasteiger partial charge in [0.05, 0.1) is 10.4 Å². The van der Waals surface area contributed by atoms with E-state index in [0.717, 1.165) is 16.6 Å². The molecule has 4 rings (SSSR count). The van der Waals surface area contributed by atoms with E-state index >= 15 is 0 Å². The van der Waals surface area contributed by atoms with Crippen LogP contribution in [0, 0.1) is 6.92 Å². The minimum Gasteiger partial charge on any atom is -0.340 e. The summed E-state index contributed by atoms with van der Waals surface area (Å²) in [5.41, 5.74) is 2.58. The summed E-state index contributed by atoms with van der Waals surface area (Å²) in [5, 5.41) is 4.11. The molecule has 0 radical (unpaired) electrons. The van der Waals surface area contributed by atoms with Crippen LogP contribution in [0.1, 0.15) is 11.4 Å². The van der Waals surface area contributed by atoms with E-state index in [9.17, 15) is 8.42 Å². The number of aromatic nitrogens is 2. The Morgan fingerprint density at radius 3 is 2.25 bits per heavy atom. The Balaban J connectivity index is 1.74. The molecular weight excluding hydrogens is 370 g/mol. The van der Waals surface area contributed by atoms with Crippen LogP contribution < -0.4 is 5.32 Å². The third-order valence-electron chi connectivity index (χ3n) is 4.39. The number of anilines is 2. The molecule has 1 N–H and O–H groups in total. The molecule has 3 aromatic carbocycles. The van der Waals surface area contributed by atoms with E-state index in [4.69, 9.17) is 0 Å². The lowest BCUT2D eigenvalue weighted by molar-refractivity contribution is 0.594. The number of benzene rings is 3. The molecule has 6 heteroatoms. The lowest BCUT2D eigenvalue weighted by Gasteiger charge is -2.11. The van der Waals surface area contributed by atoms with Gasteiger partial charge in [0.25, 0.3) is 0 Å². The summed E-state index contributed by atoms with van der Waals surface area (Å²) < 4.78 is 25.6. The smallest absolute Gasteiger partial charge is 0.185 e. The molecule has 0 bridgehead atoms. The Morgan fingerprint density at radius 2 is 1.50 bits per heavy atom. The van der Waals surface area contributed by atoms with E-state index in [1.165, 1.54) is 0 Å². The average Bonchev–Trinajstić information content (AvgIpc) is 2.69. The Morgan fingerprint density at radius 1 is 0.821 bits per heavy atom. The highest BCUT2D eigenvalue weighted by molar-refractivity contribution is 7.90. The molecule has 5 nitrogen and oxygen atoms in total. The summed E-state index contributed by atoms with van der Waals surface area (Å²) in [6.07, 6.45) is 0. The minimum absolute atomic E-state index is 0.260. The molecule has 0 aliphatic carbocycles. The molecule has 0 saturated heterocycles. The number of rotatable bonds is 5. The van der Waals surface area contributed by atoms with Gasteiger partial charge in [-0.2, -0.15) is 0 Å². The highest BCUT2D eigenvalue weighted by atomic mass is 32.2. The lowest BCUT2D eigenvalue weighted by Crippen LogP contribution is -2.10. The molecular formula is C22H19N3O2S. The SMILES string of the molecule is Cc1ccc(S(=O)(=O)Cc2nc(Nc3ccccc3)c3ccccc3n2)cc1. The summed E-state index contributed by atoms with van der Waals surface area (Å²) in [6, 6.07) is 24.0. The zero-order valence-corrected chi connectivity index (χ0v) is 16.1. The summed E-state index contributed by atoms with van der Waals surface area (Å²) >= 11 is 0. The van der Waals surface area contributed by atoms with Gasteiger partial charge in [0.1, 0.15) is 17.4 Å². The monoisotopic (exact) mass is 389 g/mol. The van der Waals surface area contributed by atoms with Gasteiger partial charge in [0.15, 0.2) is 9.84 Å². The summed E-state index contributed by atoms with van der Waals surface area (Å²) in [4.78, 5) is 9.27. The predicted molar refractivity (Wildman–Crippen MR) is 111 cm³/mol. The van der Waals surface area contributed by atoms with Crippen molar-refractivity contribution in [1.82, 2.24) is 9.97 Å². The molecule has 0 spiro atoms. The number of hydrogen-bond acceptors (Lipinski definition) is 5. The number of para-hydroxylation sites is 2. The zero-order chi connectivity index (χ0) is 19.6. The predicted octanol–water partition coefficient (Wildman–Crippen LogP) is 4.66. The molecule has 1 heterocycles. The fourth-order valence-electron chi connectivity index (χ4n) is 2.94. The second-order valence-corrected chi connectivity index (χ2v) is 8.56. The van der Waals surface area contributed by atoms with Gasteiger partial charge in [-0.05, 0) is 43.3 Å². The van der Waals surface area contributed by atoms with Crippen LogP contribution >= 0.6 is 0 Å². The van der Waals surface area contributed by atoms with Gasteiger partial charge in [0, 0.05) is 11.1 Å². The molecule has 0 fully saturated rings. The quantitative estimate of drug-likeness (QED) is 0.538. The fraction of sp³-hybridized carbons (Fsp3) is 0.0909. The summed E-state index contributed by atoms with van der Waals surface area (Å²) in [7, 11) is -3.54. The van der Waals surface area contributed by atoms with Crippen molar-refractivity contribution < 1.29 is 8.42 Å². The standard InChI is InChI=1S/C22H19N3O2S/c1-16-11-13-18(14-12-16)28(26,27)15-21-24-20-10-6-5-9-19(20)22(25-21)23-17-7-3-2-4-8-17/h2-14H,15H2,1H3,(H,23,24,25). The van der Waals surface area contributed by atoms with Crippen molar-refractivity contribution in [2.24, 2.45) is 0 Å². The molecule has 0 unspecified atom stereocenters. The Hall–Kier alpha value is -3.25. The summed E-state index contributed by atoms with van der Waals surface area (Å²) in [6.45, 7) is 1.92. The van der Waals surface area contributed by atoms with Crippen molar-refractivity contribution in [2.45, 2.75) is 17.6 Å². The van der Waals surface area contributed by atoms with Gasteiger partial charge >= 0.3 is 0 Å². The van der Waals surface area contributed by atoms with E-state index in [1.807, 2.05) is 61.5 Å². The zero-order valence-electron chi connectivity index (χ0n) is 15.3. The molecule has 0 aliphatic rings. The van der Waals surface area contributed by atoms with Gasteiger partial charge in [-0.1, -0.05) is 48.0 Å². The molecule has 140 valence electrons. The number of nitrogens with one attached hydrogen (secondary N) is 1. The number of aryl methyl sites for hydroxylation is 1. The van der Waals surface area contributed by atoms with Gasteiger partial charge in [0.2, 0.25) is 0 Å². The molecule has 0 saturated carbocycles. The number of sulfone groups is 1. The van der Waals surface area contributed by atoms with E-state index in [0.29, 0.717) is 11.3 Å². The molecule has 0 atom stereocenters. The van der Waals surface area contributed by atoms with Crippen LogP contribution in [-0.2, 0) is 15.6 Å². The first-order valence-electron chi connectivity index (χ1n) is 8.88.